The van der Waals surface area contributed by atoms with Crippen LogP contribution in [0.5, 0.6) is 0 Å². The molecule has 1 fully saturated rings. The lowest BCUT2D eigenvalue weighted by atomic mass is 9.85. The van der Waals surface area contributed by atoms with Crippen molar-refractivity contribution >= 4 is 0 Å². The van der Waals surface area contributed by atoms with Crippen molar-refractivity contribution in [3.05, 3.63) is 0 Å². The molecule has 0 aromatic carbocycles. The number of nitrogens with two attached hydrogens (primary N) is 1. The fraction of sp³-hybridized carbons (Fsp3) is 1.00. The molecule has 0 spiro atoms. The first-order valence-electron chi connectivity index (χ1n) is 5.69. The van der Waals surface area contributed by atoms with Gasteiger partial charge in [-0.2, -0.15) is 0 Å². The lowest BCUT2D eigenvalue weighted by Gasteiger charge is -2.35. The summed E-state index contributed by atoms with van der Waals surface area (Å²) in [6, 6.07) is 0. The third-order valence-electron chi connectivity index (χ3n) is 3.13. The van der Waals surface area contributed by atoms with Gasteiger partial charge in [0, 0.05) is 18.6 Å². The van der Waals surface area contributed by atoms with E-state index in [1.165, 1.54) is 19.3 Å². The molecule has 3 nitrogen and oxygen atoms in total. The lowest BCUT2D eigenvalue weighted by molar-refractivity contribution is 0.122. The normalized spacial score (nSPS) is 22.1. The molecule has 0 heterocycles. The Labute approximate surface area is 87.3 Å². The Hall–Kier alpha value is -0.120. The van der Waals surface area contributed by atoms with Crippen LogP contribution in [0, 0.1) is 5.92 Å². The van der Waals surface area contributed by atoms with Gasteiger partial charge in [-0.1, -0.05) is 13.3 Å². The van der Waals surface area contributed by atoms with E-state index >= 15 is 0 Å². The van der Waals surface area contributed by atoms with Gasteiger partial charge in [-0.05, 0) is 32.2 Å². The van der Waals surface area contributed by atoms with Crippen LogP contribution >= 0.6 is 0 Å². The SMILES string of the molecule is CCN(CC1CCC1)CC(C)(N)CO. The first-order chi connectivity index (χ1) is 6.57. The summed E-state index contributed by atoms with van der Waals surface area (Å²) in [5, 5.41) is 9.09. The van der Waals surface area contributed by atoms with Gasteiger partial charge in [-0.3, -0.25) is 0 Å². The molecule has 1 unspecified atom stereocenters. The van der Waals surface area contributed by atoms with E-state index in [1.807, 2.05) is 6.92 Å². The Balaban J connectivity index is 2.29. The average Bonchev–Trinajstić information content (AvgIpc) is 2.09. The van der Waals surface area contributed by atoms with E-state index < -0.39 is 5.54 Å². The van der Waals surface area contributed by atoms with Crippen molar-refractivity contribution < 1.29 is 5.11 Å². The van der Waals surface area contributed by atoms with E-state index in [1.54, 1.807) is 0 Å². The molecule has 0 aliphatic heterocycles. The Morgan fingerprint density at radius 2 is 2.14 bits per heavy atom. The summed E-state index contributed by atoms with van der Waals surface area (Å²) < 4.78 is 0. The van der Waals surface area contributed by atoms with Crippen LogP contribution in [-0.2, 0) is 0 Å². The molecular formula is C11H24N2O. The number of hydrogen-bond acceptors (Lipinski definition) is 3. The van der Waals surface area contributed by atoms with Crippen molar-refractivity contribution in [2.75, 3.05) is 26.2 Å². The van der Waals surface area contributed by atoms with E-state index in [0.717, 1.165) is 25.6 Å². The Bertz CT molecular complexity index is 167. The number of rotatable bonds is 6. The third-order valence-corrected chi connectivity index (χ3v) is 3.13. The summed E-state index contributed by atoms with van der Waals surface area (Å²) in [4.78, 5) is 2.36. The third kappa shape index (κ3) is 3.56. The van der Waals surface area contributed by atoms with Crippen molar-refractivity contribution in [3.63, 3.8) is 0 Å². The topological polar surface area (TPSA) is 49.5 Å². The van der Waals surface area contributed by atoms with Crippen molar-refractivity contribution in [2.24, 2.45) is 11.7 Å². The molecule has 3 N–H and O–H groups in total. The predicted molar refractivity (Wildman–Crippen MR) is 59.1 cm³/mol. The van der Waals surface area contributed by atoms with Crippen molar-refractivity contribution in [1.82, 2.24) is 4.90 Å². The highest BCUT2D eigenvalue weighted by Crippen LogP contribution is 2.27. The quantitative estimate of drug-likeness (QED) is 0.667. The molecule has 0 saturated heterocycles. The van der Waals surface area contributed by atoms with Crippen molar-refractivity contribution in [3.8, 4) is 0 Å². The van der Waals surface area contributed by atoms with Gasteiger partial charge in [0.2, 0.25) is 0 Å². The van der Waals surface area contributed by atoms with E-state index in [9.17, 15) is 0 Å². The number of likely N-dealkylation sites (N-methyl/N-ethyl adjacent to an activating group) is 1. The average molecular weight is 200 g/mol. The fourth-order valence-electron chi connectivity index (χ4n) is 1.91. The Morgan fingerprint density at radius 1 is 1.50 bits per heavy atom. The van der Waals surface area contributed by atoms with Crippen LogP contribution in [-0.4, -0.2) is 41.8 Å². The summed E-state index contributed by atoms with van der Waals surface area (Å²) in [5.74, 6) is 0.879. The van der Waals surface area contributed by atoms with Gasteiger partial charge in [0.25, 0.3) is 0 Å². The van der Waals surface area contributed by atoms with Gasteiger partial charge in [-0.25, -0.2) is 0 Å². The second kappa shape index (κ2) is 5.10. The first-order valence-corrected chi connectivity index (χ1v) is 5.69. The van der Waals surface area contributed by atoms with Crippen LogP contribution in [0.2, 0.25) is 0 Å². The minimum atomic E-state index is -0.445. The minimum absolute atomic E-state index is 0.0637. The lowest BCUT2D eigenvalue weighted by Crippen LogP contribution is -2.51. The molecule has 0 amide bonds. The summed E-state index contributed by atoms with van der Waals surface area (Å²) in [7, 11) is 0. The van der Waals surface area contributed by atoms with Crippen LogP contribution in [0.15, 0.2) is 0 Å². The second-order valence-corrected chi connectivity index (χ2v) is 4.94. The second-order valence-electron chi connectivity index (χ2n) is 4.94. The summed E-state index contributed by atoms with van der Waals surface area (Å²) >= 11 is 0. The van der Waals surface area contributed by atoms with E-state index in [-0.39, 0.29) is 6.61 Å². The highest BCUT2D eigenvalue weighted by Gasteiger charge is 2.24. The maximum Gasteiger partial charge on any atom is 0.0621 e. The van der Waals surface area contributed by atoms with E-state index in [0.29, 0.717) is 0 Å². The molecule has 1 aliphatic carbocycles. The van der Waals surface area contributed by atoms with Gasteiger partial charge >= 0.3 is 0 Å². The molecule has 14 heavy (non-hydrogen) atoms. The molecule has 84 valence electrons. The monoisotopic (exact) mass is 200 g/mol. The standard InChI is InChI=1S/C11H24N2O/c1-3-13(7-10-5-4-6-10)8-11(2,12)9-14/h10,14H,3-9,12H2,1-2H3. The molecule has 0 aromatic rings. The molecule has 1 aliphatic rings. The number of aliphatic hydroxyl groups excluding tert-OH is 1. The summed E-state index contributed by atoms with van der Waals surface area (Å²) in [6.07, 6.45) is 4.13. The zero-order valence-electron chi connectivity index (χ0n) is 9.50. The predicted octanol–water partition coefficient (Wildman–Crippen LogP) is 0.818. The maximum atomic E-state index is 9.09. The number of hydrogen-bond donors (Lipinski definition) is 2. The van der Waals surface area contributed by atoms with Crippen molar-refractivity contribution in [2.45, 2.75) is 38.6 Å². The smallest absolute Gasteiger partial charge is 0.0621 e. The molecule has 0 radical (unpaired) electrons. The maximum absolute atomic E-state index is 9.09. The minimum Gasteiger partial charge on any atom is -0.394 e. The van der Waals surface area contributed by atoms with Gasteiger partial charge in [0.15, 0.2) is 0 Å². The molecular weight excluding hydrogens is 176 g/mol. The van der Waals surface area contributed by atoms with Crippen LogP contribution in [0.4, 0.5) is 0 Å². The Morgan fingerprint density at radius 3 is 2.50 bits per heavy atom. The molecule has 3 heteroatoms. The zero-order valence-corrected chi connectivity index (χ0v) is 9.50. The van der Waals surface area contributed by atoms with Crippen LogP contribution in [0.25, 0.3) is 0 Å². The van der Waals surface area contributed by atoms with Gasteiger partial charge in [-0.15, -0.1) is 0 Å². The van der Waals surface area contributed by atoms with Crippen molar-refractivity contribution in [1.29, 1.82) is 0 Å². The van der Waals surface area contributed by atoms with Gasteiger partial charge < -0.3 is 15.7 Å². The molecule has 1 atom stereocenters. The van der Waals surface area contributed by atoms with Gasteiger partial charge in [0.05, 0.1) is 6.61 Å². The fourth-order valence-corrected chi connectivity index (χ4v) is 1.91. The van der Waals surface area contributed by atoms with Crippen LogP contribution in [0.3, 0.4) is 0 Å². The number of aliphatic hydroxyl groups is 1. The highest BCUT2D eigenvalue weighted by atomic mass is 16.3. The molecule has 1 saturated carbocycles. The first kappa shape index (κ1) is 12.0. The number of nitrogens with zero attached hydrogens (tertiary/aromatic N) is 1. The van der Waals surface area contributed by atoms with E-state index in [2.05, 4.69) is 11.8 Å². The molecule has 0 aromatic heterocycles. The summed E-state index contributed by atoms with van der Waals surface area (Å²) in [6.45, 7) is 7.12. The summed E-state index contributed by atoms with van der Waals surface area (Å²) in [5.41, 5.74) is 5.49. The Kier molecular flexibility index (Phi) is 4.35. The zero-order chi connectivity index (χ0) is 10.6. The molecule has 0 bridgehead atoms. The molecule has 1 rings (SSSR count). The largest absolute Gasteiger partial charge is 0.394 e. The van der Waals surface area contributed by atoms with E-state index in [4.69, 9.17) is 10.8 Å². The van der Waals surface area contributed by atoms with Crippen LogP contribution < -0.4 is 5.73 Å². The highest BCUT2D eigenvalue weighted by molar-refractivity contribution is 4.83. The van der Waals surface area contributed by atoms with Gasteiger partial charge in [0.1, 0.15) is 0 Å². The van der Waals surface area contributed by atoms with Crippen LogP contribution in [0.1, 0.15) is 33.1 Å².